The zero-order chi connectivity index (χ0) is 22.1. The van der Waals surface area contributed by atoms with Gasteiger partial charge in [-0.05, 0) is 59.6 Å². The van der Waals surface area contributed by atoms with Crippen LogP contribution in [0.4, 0.5) is 17.1 Å². The highest BCUT2D eigenvalue weighted by molar-refractivity contribution is 5.78. The average Bonchev–Trinajstić information content (AvgIpc) is 2.80. The molecule has 0 aromatic heterocycles. The number of anilines is 3. The number of hydrogen-bond acceptors (Lipinski definition) is 2. The normalized spacial score (nSPS) is 13.2. The molecule has 0 aliphatic carbocycles. The number of hydrogen-bond donors (Lipinski definition) is 1. The van der Waals surface area contributed by atoms with Gasteiger partial charge in [0, 0.05) is 17.1 Å². The second-order valence-corrected chi connectivity index (χ2v) is 5.74. The number of phenols is 1. The maximum absolute atomic E-state index is 9.50. The molecule has 2 nitrogen and oxygen atoms in total. The molecule has 0 heterocycles. The number of phenolic OH excluding ortho intramolecular Hbond substituents is 1. The lowest BCUT2D eigenvalue weighted by Gasteiger charge is -2.25. The molecular weight excluding hydrogens is 318 g/mol. The number of aromatic hydroxyl groups is 1. The fraction of sp³-hybridized carbons (Fsp3) is 0. The Morgan fingerprint density at radius 2 is 1.12 bits per heavy atom. The quantitative estimate of drug-likeness (QED) is 0.456. The van der Waals surface area contributed by atoms with Crippen LogP contribution in [-0.2, 0) is 0 Å². The topological polar surface area (TPSA) is 23.5 Å². The Balaban J connectivity index is 1.88. The van der Waals surface area contributed by atoms with Gasteiger partial charge in [0.1, 0.15) is 5.75 Å². The van der Waals surface area contributed by atoms with Gasteiger partial charge in [0.05, 0.1) is 6.85 Å². The molecule has 0 aliphatic heterocycles. The average molecular weight is 342 g/mol. The van der Waals surface area contributed by atoms with Crippen molar-refractivity contribution < 1.29 is 12.0 Å². The van der Waals surface area contributed by atoms with E-state index in [2.05, 4.69) is 0 Å². The van der Waals surface area contributed by atoms with Crippen molar-refractivity contribution in [2.75, 3.05) is 4.90 Å². The Bertz CT molecular complexity index is 1200. The summed E-state index contributed by atoms with van der Waals surface area (Å²) in [6, 6.07) is 21.8. The van der Waals surface area contributed by atoms with Crippen LogP contribution in [-0.4, -0.2) is 5.11 Å². The molecule has 4 rings (SSSR count). The maximum Gasteiger partial charge on any atom is 0.115 e. The van der Waals surface area contributed by atoms with Gasteiger partial charge < -0.3 is 10.0 Å². The van der Waals surface area contributed by atoms with Crippen LogP contribution in [0.5, 0.6) is 5.75 Å². The highest BCUT2D eigenvalue weighted by Gasteiger charge is 2.11. The molecule has 0 unspecified atom stereocenters. The maximum atomic E-state index is 9.50. The molecule has 0 atom stereocenters. The molecule has 26 heavy (non-hydrogen) atoms. The van der Waals surface area contributed by atoms with Gasteiger partial charge in [-0.2, -0.15) is 0 Å². The van der Waals surface area contributed by atoms with Crippen molar-refractivity contribution in [3.63, 3.8) is 0 Å². The fourth-order valence-electron chi connectivity index (χ4n) is 2.80. The minimum absolute atomic E-state index is 0.0922. The van der Waals surface area contributed by atoms with Crippen LogP contribution >= 0.6 is 0 Å². The van der Waals surface area contributed by atoms with Gasteiger partial charge in [-0.3, -0.25) is 0 Å². The predicted molar refractivity (Wildman–Crippen MR) is 108 cm³/mol. The van der Waals surface area contributed by atoms with E-state index in [0.29, 0.717) is 11.4 Å². The molecule has 0 spiro atoms. The summed E-state index contributed by atoms with van der Waals surface area (Å²) in [5, 5.41) is 9.50. The van der Waals surface area contributed by atoms with E-state index in [-0.39, 0.29) is 35.6 Å². The van der Waals surface area contributed by atoms with Crippen molar-refractivity contribution in [3.8, 4) is 16.9 Å². The van der Waals surface area contributed by atoms with E-state index in [1.54, 1.807) is 17.0 Å². The van der Waals surface area contributed by atoms with Crippen LogP contribution in [0.3, 0.4) is 0 Å². The Hall–Kier alpha value is -3.52. The molecule has 4 aromatic carbocycles. The highest BCUT2D eigenvalue weighted by Crippen LogP contribution is 2.35. The van der Waals surface area contributed by atoms with E-state index in [1.165, 1.54) is 0 Å². The summed E-state index contributed by atoms with van der Waals surface area (Å²) < 4.78 is 40.9. The van der Waals surface area contributed by atoms with Crippen molar-refractivity contribution in [3.05, 3.63) is 109 Å². The van der Waals surface area contributed by atoms with Gasteiger partial charge in [0.15, 0.2) is 0 Å². The van der Waals surface area contributed by atoms with Crippen LogP contribution in [0.25, 0.3) is 11.1 Å². The molecule has 0 radical (unpaired) electrons. The third-order valence-corrected chi connectivity index (χ3v) is 4.05. The van der Waals surface area contributed by atoms with E-state index in [0.717, 1.165) is 11.1 Å². The highest BCUT2D eigenvalue weighted by atomic mass is 16.3. The van der Waals surface area contributed by atoms with Gasteiger partial charge in [-0.15, -0.1) is 0 Å². The van der Waals surface area contributed by atoms with Crippen molar-refractivity contribution >= 4 is 17.1 Å². The van der Waals surface area contributed by atoms with E-state index in [9.17, 15) is 5.11 Å². The lowest BCUT2D eigenvalue weighted by atomic mass is 10.0. The van der Waals surface area contributed by atoms with Crippen LogP contribution in [0.1, 0.15) is 6.85 Å². The number of benzene rings is 4. The Morgan fingerprint density at radius 1 is 0.577 bits per heavy atom. The van der Waals surface area contributed by atoms with E-state index in [4.69, 9.17) is 6.85 Å². The van der Waals surface area contributed by atoms with Gasteiger partial charge in [0.2, 0.25) is 0 Å². The van der Waals surface area contributed by atoms with Crippen LogP contribution in [0.2, 0.25) is 0 Å². The molecule has 126 valence electrons. The first-order chi connectivity index (χ1) is 14.9. The Kier molecular flexibility index (Phi) is 3.07. The lowest BCUT2D eigenvalue weighted by Crippen LogP contribution is -2.09. The van der Waals surface area contributed by atoms with Crippen molar-refractivity contribution in [1.82, 2.24) is 0 Å². The number of rotatable bonds is 4. The van der Waals surface area contributed by atoms with Crippen LogP contribution in [0.15, 0.2) is 109 Å². The first-order valence-corrected chi connectivity index (χ1v) is 8.20. The minimum Gasteiger partial charge on any atom is -0.508 e. The monoisotopic (exact) mass is 342 g/mol. The Labute approximate surface area is 160 Å². The first-order valence-electron chi connectivity index (χ1n) is 10.7. The van der Waals surface area contributed by atoms with E-state index < -0.39 is 6.04 Å². The van der Waals surface area contributed by atoms with Crippen molar-refractivity contribution in [1.29, 1.82) is 0 Å². The molecular formula is C24H19NO. The second-order valence-electron chi connectivity index (χ2n) is 5.74. The minimum atomic E-state index is -0.422. The smallest absolute Gasteiger partial charge is 0.115 e. The van der Waals surface area contributed by atoms with Gasteiger partial charge in [-0.25, -0.2) is 0 Å². The number of para-hydroxylation sites is 2. The number of nitrogens with zero attached hydrogens (tertiary/aromatic N) is 1. The van der Waals surface area contributed by atoms with Gasteiger partial charge in [-0.1, -0.05) is 60.6 Å². The molecule has 0 saturated carbocycles. The summed E-state index contributed by atoms with van der Waals surface area (Å²) in [6.07, 6.45) is 0. The third-order valence-electron chi connectivity index (χ3n) is 4.05. The first kappa shape index (κ1) is 11.2. The molecule has 1 N–H and O–H groups in total. The third kappa shape index (κ3) is 3.31. The molecule has 0 saturated heterocycles. The Morgan fingerprint density at radius 3 is 1.73 bits per heavy atom. The summed E-state index contributed by atoms with van der Waals surface area (Å²) in [5.74, 6) is 0.191. The van der Waals surface area contributed by atoms with Crippen LogP contribution in [0, 0.1) is 0 Å². The molecule has 4 aromatic rings. The molecule has 2 heteroatoms. The molecule has 0 bridgehead atoms. The predicted octanol–water partition coefficient (Wildman–Crippen LogP) is 6.53. The fourth-order valence-corrected chi connectivity index (χ4v) is 2.80. The SMILES string of the molecule is [2H]c1c([2H])c([2H])c(N(c2ccccc2)c2ccc(-c3ccc(O)cc3)cc2)c([2H])c1[2H]. The molecule has 0 amide bonds. The lowest BCUT2D eigenvalue weighted by molar-refractivity contribution is 0.475. The van der Waals surface area contributed by atoms with E-state index in [1.807, 2.05) is 66.7 Å². The van der Waals surface area contributed by atoms with E-state index >= 15 is 0 Å². The zero-order valence-corrected chi connectivity index (χ0v) is 13.9. The second kappa shape index (κ2) is 7.16. The molecule has 0 fully saturated rings. The summed E-state index contributed by atoms with van der Waals surface area (Å²) in [4.78, 5) is 1.67. The summed E-state index contributed by atoms with van der Waals surface area (Å²) in [7, 11) is 0. The summed E-state index contributed by atoms with van der Waals surface area (Å²) >= 11 is 0. The van der Waals surface area contributed by atoms with Crippen LogP contribution < -0.4 is 4.90 Å². The van der Waals surface area contributed by atoms with Gasteiger partial charge in [0.25, 0.3) is 0 Å². The van der Waals surface area contributed by atoms with Crippen molar-refractivity contribution in [2.24, 2.45) is 0 Å². The van der Waals surface area contributed by atoms with Crippen molar-refractivity contribution in [2.45, 2.75) is 0 Å². The largest absolute Gasteiger partial charge is 0.508 e. The van der Waals surface area contributed by atoms with Gasteiger partial charge >= 0.3 is 0 Å². The standard InChI is InChI=1S/C24H19NO/c26-24-17-13-20(14-18-24)19-11-15-23(16-12-19)25(21-7-3-1-4-8-21)22-9-5-2-6-10-22/h1-18,26H/i1D,3D,4D,7D,8D. The summed E-state index contributed by atoms with van der Waals surface area (Å²) in [6.45, 7) is 0. The zero-order valence-electron chi connectivity index (χ0n) is 18.9. The summed E-state index contributed by atoms with van der Waals surface area (Å²) in [5.41, 5.74) is 3.29. The molecule has 0 aliphatic rings.